The van der Waals surface area contributed by atoms with Gasteiger partial charge < -0.3 is 14.9 Å². The number of hydrogen-bond acceptors (Lipinski definition) is 6. The number of rotatable bonds is 2. The minimum absolute atomic E-state index is 0.371. The molecule has 5 N–H and O–H groups in total. The molecule has 0 unspecified atom stereocenters. The van der Waals surface area contributed by atoms with E-state index in [-0.39, 0.29) is 0 Å². The topological polar surface area (TPSA) is 190 Å². The standard InChI is InChI=1S/C7H8N2.C5H3N3O6/c8-7(9)6-4-2-1-3-5-6;9-3-2(8(13)14)1-6-4(10)7(3)5(11)12/h1-5H,(H3,8,9);1H,(H,6,10)(H,11,12). The number of hydrogen-bond donors (Lipinski definition) is 3. The van der Waals surface area contributed by atoms with Gasteiger partial charge in [-0.2, -0.15) is 0 Å². The molecule has 0 bridgehead atoms. The fourth-order valence-electron chi connectivity index (χ4n) is 1.39. The Bertz CT molecular complexity index is 854. The fourth-order valence-corrected chi connectivity index (χ4v) is 1.39. The Balaban J connectivity index is 0.000000253. The minimum atomic E-state index is -2.13. The number of carboxylic acid groups (broad SMARTS) is 1. The summed E-state index contributed by atoms with van der Waals surface area (Å²) in [4.78, 5) is 42.7. The Morgan fingerprint density at radius 3 is 2.22 bits per heavy atom. The largest absolute Gasteiger partial charge is 0.529 e. The first kappa shape index (κ1) is 17.3. The highest BCUT2D eigenvalue weighted by Gasteiger charge is 2.16. The summed E-state index contributed by atoms with van der Waals surface area (Å²) in [5, 5.41) is 25.7. The van der Waals surface area contributed by atoms with E-state index in [0.717, 1.165) is 5.56 Å². The molecule has 1 heterocycles. The van der Waals surface area contributed by atoms with Crippen LogP contribution in [0.1, 0.15) is 5.56 Å². The molecule has 23 heavy (non-hydrogen) atoms. The first-order valence-electron chi connectivity index (χ1n) is 5.89. The molecular formula is C12H11N5O6. The maximum absolute atomic E-state index is 11.0. The summed E-state index contributed by atoms with van der Waals surface area (Å²) in [5.74, 6) is 0.371. The number of aromatic amines is 1. The zero-order valence-electron chi connectivity index (χ0n) is 11.5. The van der Waals surface area contributed by atoms with E-state index in [4.69, 9.17) is 11.1 Å². The Morgan fingerprint density at radius 1 is 1.26 bits per heavy atom. The lowest BCUT2D eigenvalue weighted by Crippen LogP contribution is -2.46. The molecule has 0 aliphatic carbocycles. The van der Waals surface area contributed by atoms with E-state index in [9.17, 15) is 29.6 Å². The highest BCUT2D eigenvalue weighted by atomic mass is 16.6. The molecule has 0 saturated heterocycles. The third-order valence-corrected chi connectivity index (χ3v) is 2.44. The number of aromatic nitrogens is 2. The van der Waals surface area contributed by atoms with Gasteiger partial charge in [0.2, 0.25) is 0 Å². The van der Waals surface area contributed by atoms with E-state index in [1.807, 2.05) is 30.3 Å². The monoisotopic (exact) mass is 321 g/mol. The van der Waals surface area contributed by atoms with Gasteiger partial charge in [0, 0.05) is 0 Å². The summed E-state index contributed by atoms with van der Waals surface area (Å²) in [7, 11) is 0. The molecule has 0 aliphatic heterocycles. The predicted octanol–water partition coefficient (Wildman–Crippen LogP) is -3.21. The summed E-state index contributed by atoms with van der Waals surface area (Å²) in [6, 6.07) is 9.46. The quantitative estimate of drug-likeness (QED) is 0.224. The van der Waals surface area contributed by atoms with E-state index in [0.29, 0.717) is 12.0 Å². The highest BCUT2D eigenvalue weighted by molar-refractivity contribution is 5.92. The van der Waals surface area contributed by atoms with Crippen molar-refractivity contribution >= 4 is 17.6 Å². The smallest absolute Gasteiger partial charge is 0.350 e. The molecule has 0 aliphatic rings. The van der Waals surface area contributed by atoms with Crippen molar-refractivity contribution in [3.8, 4) is 0 Å². The van der Waals surface area contributed by atoms with E-state index in [2.05, 4.69) is 0 Å². The SMILES string of the molecule is NC(=[NH2+])c1ccccc1.O=C([O-])n1c(=O)[nH]cc([N+](=O)[O-])c1=O. The van der Waals surface area contributed by atoms with Gasteiger partial charge in [-0.15, -0.1) is 0 Å². The second-order valence-electron chi connectivity index (χ2n) is 3.96. The number of nitro groups is 1. The number of benzene rings is 1. The molecule has 11 heteroatoms. The van der Waals surface area contributed by atoms with Crippen LogP contribution in [0.3, 0.4) is 0 Å². The van der Waals surface area contributed by atoms with Gasteiger partial charge in [0.15, 0.2) is 6.09 Å². The Hall–Kier alpha value is -3.76. The minimum Gasteiger partial charge on any atom is -0.529 e. The van der Waals surface area contributed by atoms with Crippen LogP contribution in [-0.2, 0) is 0 Å². The van der Waals surface area contributed by atoms with Crippen LogP contribution in [0.5, 0.6) is 0 Å². The van der Waals surface area contributed by atoms with Crippen molar-refractivity contribution < 1.29 is 20.2 Å². The van der Waals surface area contributed by atoms with Crippen molar-refractivity contribution in [1.29, 1.82) is 0 Å². The molecule has 11 nitrogen and oxygen atoms in total. The summed E-state index contributed by atoms with van der Waals surface area (Å²) in [5.41, 5.74) is 2.30. The molecule has 0 spiro atoms. The highest BCUT2D eigenvalue weighted by Crippen LogP contribution is 1.96. The number of nitrogens with two attached hydrogens (primary N) is 2. The molecular weight excluding hydrogens is 310 g/mol. The molecule has 120 valence electrons. The van der Waals surface area contributed by atoms with Gasteiger partial charge in [-0.1, -0.05) is 18.2 Å². The maximum atomic E-state index is 11.0. The summed E-state index contributed by atoms with van der Waals surface area (Å²) < 4.78 is -0.391. The zero-order valence-corrected chi connectivity index (χ0v) is 11.5. The number of nitrogens with zero attached hydrogens (tertiary/aromatic N) is 2. The normalized spacial score (nSPS) is 9.39. The number of H-pyrrole nitrogens is 1. The van der Waals surface area contributed by atoms with Crippen LogP contribution < -0.4 is 27.5 Å². The molecule has 0 saturated carbocycles. The van der Waals surface area contributed by atoms with E-state index in [1.54, 1.807) is 4.98 Å². The molecule has 0 fully saturated rings. The van der Waals surface area contributed by atoms with E-state index < -0.39 is 32.5 Å². The van der Waals surface area contributed by atoms with Crippen LogP contribution in [0.4, 0.5) is 10.5 Å². The van der Waals surface area contributed by atoms with E-state index in [1.165, 1.54) is 0 Å². The average Bonchev–Trinajstić information content (AvgIpc) is 2.48. The molecule has 2 aromatic rings. The lowest BCUT2D eigenvalue weighted by Gasteiger charge is -2.02. The molecule has 0 amide bonds. The molecule has 2 rings (SSSR count). The van der Waals surface area contributed by atoms with Crippen molar-refractivity contribution in [2.45, 2.75) is 0 Å². The second-order valence-corrected chi connectivity index (χ2v) is 3.96. The molecule has 0 atom stereocenters. The molecule has 1 aromatic heterocycles. The predicted molar refractivity (Wildman–Crippen MR) is 75.4 cm³/mol. The second kappa shape index (κ2) is 7.31. The van der Waals surface area contributed by atoms with Gasteiger partial charge in [-0.3, -0.25) is 26.1 Å². The third kappa shape index (κ3) is 4.35. The lowest BCUT2D eigenvalue weighted by atomic mass is 10.2. The third-order valence-electron chi connectivity index (χ3n) is 2.44. The molecule has 1 aromatic carbocycles. The number of nitrogens with one attached hydrogen (secondary N) is 1. The van der Waals surface area contributed by atoms with Crippen molar-refractivity contribution in [2.75, 3.05) is 0 Å². The number of amidine groups is 1. The lowest BCUT2D eigenvalue weighted by molar-refractivity contribution is -0.387. The van der Waals surface area contributed by atoms with Crippen LogP contribution in [0.25, 0.3) is 0 Å². The van der Waals surface area contributed by atoms with Crippen molar-refractivity contribution in [3.05, 3.63) is 73.0 Å². The van der Waals surface area contributed by atoms with Crippen LogP contribution in [0, 0.1) is 10.1 Å². The zero-order chi connectivity index (χ0) is 17.6. The Kier molecular flexibility index (Phi) is 5.49. The van der Waals surface area contributed by atoms with Crippen LogP contribution in [0.2, 0.25) is 0 Å². The van der Waals surface area contributed by atoms with Gasteiger partial charge in [0.25, 0.3) is 5.84 Å². The Morgan fingerprint density at radius 2 is 1.83 bits per heavy atom. The van der Waals surface area contributed by atoms with Gasteiger partial charge in [0.1, 0.15) is 0 Å². The maximum Gasteiger partial charge on any atom is 0.350 e. The van der Waals surface area contributed by atoms with Crippen molar-refractivity contribution in [1.82, 2.24) is 9.55 Å². The van der Waals surface area contributed by atoms with Gasteiger partial charge in [-0.05, 0) is 12.1 Å². The van der Waals surface area contributed by atoms with Crippen LogP contribution in [-0.4, -0.2) is 26.4 Å². The molecule has 0 radical (unpaired) electrons. The van der Waals surface area contributed by atoms with Crippen LogP contribution >= 0.6 is 0 Å². The first-order chi connectivity index (χ1) is 10.8. The van der Waals surface area contributed by atoms with Gasteiger partial charge in [0.05, 0.1) is 16.7 Å². The van der Waals surface area contributed by atoms with Gasteiger partial charge in [-0.25, -0.2) is 9.36 Å². The first-order valence-corrected chi connectivity index (χ1v) is 5.89. The van der Waals surface area contributed by atoms with E-state index >= 15 is 0 Å². The van der Waals surface area contributed by atoms with Crippen LogP contribution in [0.15, 0.2) is 46.1 Å². The van der Waals surface area contributed by atoms with Crippen molar-refractivity contribution in [3.63, 3.8) is 0 Å². The van der Waals surface area contributed by atoms with Crippen molar-refractivity contribution in [2.24, 2.45) is 5.73 Å². The van der Waals surface area contributed by atoms with Gasteiger partial charge >= 0.3 is 16.9 Å². The summed E-state index contributed by atoms with van der Waals surface area (Å²) >= 11 is 0. The number of carbonyl (C=O) groups excluding carboxylic acids is 1. The number of carbonyl (C=O) groups is 1. The summed E-state index contributed by atoms with van der Waals surface area (Å²) in [6.07, 6.45) is -1.61. The summed E-state index contributed by atoms with van der Waals surface area (Å²) in [6.45, 7) is 0. The fraction of sp³-hybridized carbons (Fsp3) is 0. The average molecular weight is 321 g/mol. The Labute approximate surface area is 127 Å².